The van der Waals surface area contributed by atoms with Crippen LogP contribution < -0.4 is 10.1 Å². The Balaban J connectivity index is 2.36. The normalized spacial score (nSPS) is 10.2. The number of anilines is 1. The molecule has 0 aliphatic rings. The Morgan fingerprint density at radius 1 is 1.39 bits per heavy atom. The summed E-state index contributed by atoms with van der Waals surface area (Å²) in [5, 5.41) is 2.79. The Hall–Kier alpha value is -1.69. The molecule has 6 heteroatoms. The van der Waals surface area contributed by atoms with E-state index in [1.807, 2.05) is 6.92 Å². The summed E-state index contributed by atoms with van der Waals surface area (Å²) in [6.45, 7) is 1.86. The monoisotopic (exact) mass is 311 g/mol. The molecule has 1 aromatic carbocycles. The van der Waals surface area contributed by atoms with Crippen LogP contribution in [0.15, 0.2) is 28.9 Å². The summed E-state index contributed by atoms with van der Waals surface area (Å²) >= 11 is 3.26. The Morgan fingerprint density at radius 2 is 2.17 bits per heavy atom. The van der Waals surface area contributed by atoms with Crippen molar-refractivity contribution in [1.29, 1.82) is 0 Å². The quantitative estimate of drug-likeness (QED) is 0.942. The smallest absolute Gasteiger partial charge is 0.238 e. The van der Waals surface area contributed by atoms with Gasteiger partial charge in [0.05, 0.1) is 10.7 Å². The lowest BCUT2D eigenvalue weighted by Crippen LogP contribution is -1.99. The van der Waals surface area contributed by atoms with Gasteiger partial charge in [0.25, 0.3) is 0 Å². The van der Waals surface area contributed by atoms with Gasteiger partial charge in [-0.3, -0.25) is 0 Å². The lowest BCUT2D eigenvalue weighted by atomic mass is 10.2. The topological polar surface area (TPSA) is 47.0 Å². The van der Waals surface area contributed by atoms with E-state index in [0.717, 1.165) is 5.56 Å². The number of aryl methyl sites for hydroxylation is 1. The molecule has 18 heavy (non-hydrogen) atoms. The zero-order chi connectivity index (χ0) is 13.1. The molecule has 0 aliphatic carbocycles. The highest BCUT2D eigenvalue weighted by molar-refractivity contribution is 9.10. The molecule has 0 radical (unpaired) electrons. The fourth-order valence-electron chi connectivity index (χ4n) is 1.34. The SMILES string of the molecule is CNc1ncc(Br)c(Oc2cc(C)ccc2F)n1. The first-order valence-corrected chi connectivity index (χ1v) is 6.03. The molecule has 0 unspecified atom stereocenters. The van der Waals surface area contributed by atoms with Gasteiger partial charge in [0.15, 0.2) is 11.6 Å². The minimum Gasteiger partial charge on any atom is -0.435 e. The summed E-state index contributed by atoms with van der Waals surface area (Å²) in [6, 6.07) is 4.65. The van der Waals surface area contributed by atoms with Crippen molar-refractivity contribution in [3.63, 3.8) is 0 Å². The van der Waals surface area contributed by atoms with Gasteiger partial charge in [-0.2, -0.15) is 4.98 Å². The van der Waals surface area contributed by atoms with E-state index in [1.165, 1.54) is 6.07 Å². The molecule has 1 aromatic heterocycles. The first-order valence-electron chi connectivity index (χ1n) is 5.24. The summed E-state index contributed by atoms with van der Waals surface area (Å²) in [5.74, 6) is 0.369. The lowest BCUT2D eigenvalue weighted by molar-refractivity contribution is 0.424. The first kappa shape index (κ1) is 12.8. The van der Waals surface area contributed by atoms with E-state index >= 15 is 0 Å². The van der Waals surface area contributed by atoms with Crippen LogP contribution in [-0.4, -0.2) is 17.0 Å². The summed E-state index contributed by atoms with van der Waals surface area (Å²) in [5.41, 5.74) is 0.908. The third kappa shape index (κ3) is 2.76. The molecule has 1 N–H and O–H groups in total. The molecular weight excluding hydrogens is 301 g/mol. The number of aromatic nitrogens is 2. The zero-order valence-electron chi connectivity index (χ0n) is 9.87. The van der Waals surface area contributed by atoms with Gasteiger partial charge in [-0.1, -0.05) is 6.07 Å². The number of hydrogen-bond donors (Lipinski definition) is 1. The van der Waals surface area contributed by atoms with E-state index in [0.29, 0.717) is 10.4 Å². The van der Waals surface area contributed by atoms with Crippen molar-refractivity contribution < 1.29 is 9.13 Å². The largest absolute Gasteiger partial charge is 0.435 e. The maximum absolute atomic E-state index is 13.6. The number of rotatable bonds is 3. The average Bonchev–Trinajstić information content (AvgIpc) is 2.36. The van der Waals surface area contributed by atoms with Crippen molar-refractivity contribution in [3.8, 4) is 11.6 Å². The summed E-state index contributed by atoms with van der Waals surface area (Å²) in [7, 11) is 1.69. The Morgan fingerprint density at radius 3 is 2.89 bits per heavy atom. The molecule has 0 atom stereocenters. The van der Waals surface area contributed by atoms with E-state index in [-0.39, 0.29) is 11.6 Å². The van der Waals surface area contributed by atoms with Gasteiger partial charge < -0.3 is 10.1 Å². The number of halogens is 2. The molecule has 94 valence electrons. The maximum Gasteiger partial charge on any atom is 0.238 e. The second-order valence-electron chi connectivity index (χ2n) is 3.63. The van der Waals surface area contributed by atoms with Gasteiger partial charge in [-0.25, -0.2) is 9.37 Å². The molecular formula is C12H11BrFN3O. The van der Waals surface area contributed by atoms with E-state index in [2.05, 4.69) is 31.2 Å². The van der Waals surface area contributed by atoms with Crippen LogP contribution in [0.25, 0.3) is 0 Å². The molecule has 2 rings (SSSR count). The number of nitrogens with zero attached hydrogens (tertiary/aromatic N) is 2. The van der Waals surface area contributed by atoms with Gasteiger partial charge in [-0.05, 0) is 40.5 Å². The van der Waals surface area contributed by atoms with E-state index in [9.17, 15) is 4.39 Å². The van der Waals surface area contributed by atoms with Crippen LogP contribution in [0.2, 0.25) is 0 Å². The van der Waals surface area contributed by atoms with E-state index in [1.54, 1.807) is 25.4 Å². The van der Waals surface area contributed by atoms with Crippen molar-refractivity contribution in [2.24, 2.45) is 0 Å². The lowest BCUT2D eigenvalue weighted by Gasteiger charge is -2.09. The fraction of sp³-hybridized carbons (Fsp3) is 0.167. The standard InChI is InChI=1S/C12H11BrFN3O/c1-7-3-4-9(14)10(5-7)18-11-8(13)6-16-12(15-2)17-11/h3-6H,1-2H3,(H,15,16,17). The highest BCUT2D eigenvalue weighted by atomic mass is 79.9. The van der Waals surface area contributed by atoms with Gasteiger partial charge in [0.1, 0.15) is 0 Å². The molecule has 4 nitrogen and oxygen atoms in total. The predicted octanol–water partition coefficient (Wildman–Crippen LogP) is 3.52. The Bertz CT molecular complexity index is 577. The van der Waals surface area contributed by atoms with Crippen LogP contribution in [0.1, 0.15) is 5.56 Å². The predicted molar refractivity (Wildman–Crippen MR) is 70.5 cm³/mol. The van der Waals surface area contributed by atoms with E-state index in [4.69, 9.17) is 4.74 Å². The third-order valence-electron chi connectivity index (χ3n) is 2.23. The third-order valence-corrected chi connectivity index (χ3v) is 2.77. The molecule has 0 spiro atoms. The van der Waals surface area contributed by atoms with Gasteiger partial charge >= 0.3 is 0 Å². The molecule has 2 aromatic rings. The maximum atomic E-state index is 13.6. The zero-order valence-corrected chi connectivity index (χ0v) is 11.5. The molecule has 1 heterocycles. The highest BCUT2D eigenvalue weighted by Gasteiger charge is 2.10. The molecule has 0 aliphatic heterocycles. The number of ether oxygens (including phenoxy) is 1. The average molecular weight is 312 g/mol. The van der Waals surface area contributed by atoms with Crippen molar-refractivity contribution in [1.82, 2.24) is 9.97 Å². The van der Waals surface area contributed by atoms with Crippen molar-refractivity contribution in [2.45, 2.75) is 6.92 Å². The first-order chi connectivity index (χ1) is 8.60. The number of nitrogens with one attached hydrogen (secondary N) is 1. The number of benzene rings is 1. The summed E-state index contributed by atoms with van der Waals surface area (Å²) in [4.78, 5) is 8.10. The minimum absolute atomic E-state index is 0.136. The molecule has 0 amide bonds. The second kappa shape index (κ2) is 5.30. The molecule has 0 bridgehead atoms. The van der Waals surface area contributed by atoms with Gasteiger partial charge in [-0.15, -0.1) is 0 Å². The van der Waals surface area contributed by atoms with Gasteiger partial charge in [0, 0.05) is 7.05 Å². The second-order valence-corrected chi connectivity index (χ2v) is 4.49. The van der Waals surface area contributed by atoms with Gasteiger partial charge in [0.2, 0.25) is 11.8 Å². The van der Waals surface area contributed by atoms with Crippen LogP contribution in [0, 0.1) is 12.7 Å². The highest BCUT2D eigenvalue weighted by Crippen LogP contribution is 2.29. The van der Waals surface area contributed by atoms with E-state index < -0.39 is 5.82 Å². The molecule has 0 saturated heterocycles. The summed E-state index contributed by atoms with van der Waals surface area (Å²) in [6.07, 6.45) is 1.54. The Kier molecular flexibility index (Phi) is 3.76. The van der Waals surface area contributed by atoms with Crippen LogP contribution in [-0.2, 0) is 0 Å². The van der Waals surface area contributed by atoms with Crippen molar-refractivity contribution in [2.75, 3.05) is 12.4 Å². The van der Waals surface area contributed by atoms with Crippen molar-refractivity contribution in [3.05, 3.63) is 40.2 Å². The number of hydrogen-bond acceptors (Lipinski definition) is 4. The summed E-state index contributed by atoms with van der Waals surface area (Å²) < 4.78 is 19.6. The van der Waals surface area contributed by atoms with Crippen molar-refractivity contribution >= 4 is 21.9 Å². The van der Waals surface area contributed by atoms with Crippen LogP contribution in [0.4, 0.5) is 10.3 Å². The van der Waals surface area contributed by atoms with Crippen LogP contribution in [0.3, 0.4) is 0 Å². The molecule has 0 saturated carbocycles. The van der Waals surface area contributed by atoms with Crippen LogP contribution in [0.5, 0.6) is 11.6 Å². The Labute approximate surface area is 112 Å². The van der Waals surface area contributed by atoms with Crippen LogP contribution >= 0.6 is 15.9 Å². The fourth-order valence-corrected chi connectivity index (χ4v) is 1.61. The molecule has 0 fully saturated rings. The minimum atomic E-state index is -0.433.